The van der Waals surface area contributed by atoms with Gasteiger partial charge < -0.3 is 5.32 Å². The van der Waals surface area contributed by atoms with Crippen molar-refractivity contribution in [2.24, 2.45) is 0 Å². The lowest BCUT2D eigenvalue weighted by Gasteiger charge is -2.14. The average Bonchev–Trinajstić information content (AvgIpc) is 3.30. The van der Waals surface area contributed by atoms with E-state index < -0.39 is 11.7 Å². The maximum atomic E-state index is 13.5. The highest BCUT2D eigenvalue weighted by molar-refractivity contribution is 5.88. The van der Waals surface area contributed by atoms with Gasteiger partial charge in [-0.1, -0.05) is 48.5 Å². The molecular weight excluding hydrogens is 363 g/mol. The molecule has 0 spiro atoms. The first kappa shape index (κ1) is 16.9. The van der Waals surface area contributed by atoms with E-state index in [-0.39, 0.29) is 5.69 Å². The molecule has 140 valence electrons. The van der Waals surface area contributed by atoms with E-state index in [2.05, 4.69) is 10.4 Å². The summed E-state index contributed by atoms with van der Waals surface area (Å²) < 4.78 is 42.0. The van der Waals surface area contributed by atoms with Crippen LogP contribution in [0.25, 0.3) is 27.7 Å². The lowest BCUT2D eigenvalue weighted by Crippen LogP contribution is -2.13. The number of nitrogens with one attached hydrogen (secondary N) is 1. The maximum Gasteiger partial charge on any atom is 0.418 e. The third-order valence-corrected chi connectivity index (χ3v) is 5.11. The van der Waals surface area contributed by atoms with Crippen molar-refractivity contribution >= 4 is 16.6 Å². The Kier molecular flexibility index (Phi) is 3.69. The van der Waals surface area contributed by atoms with Gasteiger partial charge in [-0.25, -0.2) is 4.68 Å². The predicted molar refractivity (Wildman–Crippen MR) is 104 cm³/mol. The number of alkyl halides is 3. The highest BCUT2D eigenvalue weighted by Gasteiger charge is 2.35. The zero-order chi connectivity index (χ0) is 19.3. The number of fused-ring (bicyclic) bond motifs is 2. The van der Waals surface area contributed by atoms with E-state index >= 15 is 0 Å². The van der Waals surface area contributed by atoms with Crippen molar-refractivity contribution in [1.82, 2.24) is 9.78 Å². The molecule has 0 aliphatic carbocycles. The molecule has 1 aromatic heterocycles. The van der Waals surface area contributed by atoms with Crippen LogP contribution in [0.2, 0.25) is 0 Å². The summed E-state index contributed by atoms with van der Waals surface area (Å²) in [6.07, 6.45) is -3.72. The first-order valence-corrected chi connectivity index (χ1v) is 9.04. The maximum absolute atomic E-state index is 13.5. The fourth-order valence-electron chi connectivity index (χ4n) is 3.82. The summed E-state index contributed by atoms with van der Waals surface area (Å²) in [6.45, 7) is 0.682. The van der Waals surface area contributed by atoms with Gasteiger partial charge in [0.15, 0.2) is 0 Å². The van der Waals surface area contributed by atoms with Gasteiger partial charge in [-0.05, 0) is 35.4 Å². The Hall–Kier alpha value is -3.28. The summed E-state index contributed by atoms with van der Waals surface area (Å²) >= 11 is 0. The molecule has 28 heavy (non-hydrogen) atoms. The lowest BCUT2D eigenvalue weighted by molar-refractivity contribution is -0.137. The molecule has 1 N–H and O–H groups in total. The molecule has 1 aliphatic rings. The van der Waals surface area contributed by atoms with Gasteiger partial charge in [0.25, 0.3) is 0 Å². The van der Waals surface area contributed by atoms with Gasteiger partial charge in [-0.3, -0.25) is 0 Å². The van der Waals surface area contributed by atoms with Crippen LogP contribution < -0.4 is 5.32 Å². The number of hydrogen-bond donors (Lipinski definition) is 1. The van der Waals surface area contributed by atoms with Crippen molar-refractivity contribution in [3.8, 4) is 16.9 Å². The topological polar surface area (TPSA) is 29.9 Å². The minimum Gasteiger partial charge on any atom is -0.369 e. The van der Waals surface area contributed by atoms with Gasteiger partial charge in [0, 0.05) is 17.7 Å². The van der Waals surface area contributed by atoms with Crippen molar-refractivity contribution in [2.75, 3.05) is 11.9 Å². The summed E-state index contributed by atoms with van der Waals surface area (Å²) in [7, 11) is 0. The van der Waals surface area contributed by atoms with E-state index in [1.54, 1.807) is 6.07 Å². The molecule has 3 nitrogen and oxygen atoms in total. The van der Waals surface area contributed by atoms with Crippen LogP contribution in [0.3, 0.4) is 0 Å². The summed E-state index contributed by atoms with van der Waals surface area (Å²) in [5.41, 5.74) is 1.92. The molecule has 0 fully saturated rings. The molecule has 0 unspecified atom stereocenters. The first-order valence-electron chi connectivity index (χ1n) is 9.04. The summed E-state index contributed by atoms with van der Waals surface area (Å²) in [4.78, 5) is 0. The molecule has 0 radical (unpaired) electrons. The molecule has 4 aromatic rings. The quantitative estimate of drug-likeness (QED) is 0.486. The molecule has 5 rings (SSSR count). The van der Waals surface area contributed by atoms with Crippen LogP contribution in [0.15, 0.2) is 66.7 Å². The van der Waals surface area contributed by atoms with Gasteiger partial charge in [0.1, 0.15) is 5.82 Å². The van der Waals surface area contributed by atoms with Crippen molar-refractivity contribution < 1.29 is 13.2 Å². The van der Waals surface area contributed by atoms with Gasteiger partial charge in [0.2, 0.25) is 0 Å². The van der Waals surface area contributed by atoms with Crippen LogP contribution in [0.1, 0.15) is 11.1 Å². The Morgan fingerprint density at radius 2 is 1.64 bits per heavy atom. The van der Waals surface area contributed by atoms with Crippen molar-refractivity contribution in [3.63, 3.8) is 0 Å². The number of rotatable bonds is 2. The van der Waals surface area contributed by atoms with E-state index in [1.807, 2.05) is 42.5 Å². The second kappa shape index (κ2) is 6.12. The average molecular weight is 379 g/mol. The molecule has 0 bridgehead atoms. The van der Waals surface area contributed by atoms with Crippen LogP contribution in [0.4, 0.5) is 19.0 Å². The Morgan fingerprint density at radius 1 is 0.893 bits per heavy atom. The number of hydrogen-bond acceptors (Lipinski definition) is 2. The zero-order valence-electron chi connectivity index (χ0n) is 14.8. The molecule has 0 atom stereocenters. The lowest BCUT2D eigenvalue weighted by atomic mass is 10.0. The van der Waals surface area contributed by atoms with E-state index in [0.717, 1.165) is 40.1 Å². The van der Waals surface area contributed by atoms with Crippen molar-refractivity contribution in [1.29, 1.82) is 0 Å². The largest absolute Gasteiger partial charge is 0.418 e. The van der Waals surface area contributed by atoms with Gasteiger partial charge in [0.05, 0.1) is 16.9 Å². The minimum atomic E-state index is -4.45. The molecule has 2 heterocycles. The Morgan fingerprint density at radius 3 is 2.46 bits per heavy atom. The van der Waals surface area contributed by atoms with Crippen LogP contribution in [-0.4, -0.2) is 16.3 Å². The molecule has 1 aliphatic heterocycles. The summed E-state index contributed by atoms with van der Waals surface area (Å²) in [5.74, 6) is 0.639. The highest BCUT2D eigenvalue weighted by atomic mass is 19.4. The molecular formula is C22H16F3N3. The zero-order valence-corrected chi connectivity index (χ0v) is 14.8. The fourth-order valence-corrected chi connectivity index (χ4v) is 3.82. The van der Waals surface area contributed by atoms with Crippen molar-refractivity contribution in [2.45, 2.75) is 12.6 Å². The van der Waals surface area contributed by atoms with Crippen molar-refractivity contribution in [3.05, 3.63) is 77.9 Å². The number of para-hydroxylation sites is 1. The summed E-state index contributed by atoms with van der Waals surface area (Å²) in [5, 5.41) is 10.0. The monoisotopic (exact) mass is 379 g/mol. The minimum absolute atomic E-state index is 0.0349. The van der Waals surface area contributed by atoms with Crippen LogP contribution in [-0.2, 0) is 12.6 Å². The number of benzene rings is 3. The predicted octanol–water partition coefficient (Wildman–Crippen LogP) is 5.68. The van der Waals surface area contributed by atoms with Crippen LogP contribution >= 0.6 is 0 Å². The van der Waals surface area contributed by atoms with Gasteiger partial charge in [-0.2, -0.15) is 18.3 Å². The Bertz CT molecular complexity index is 1190. The molecule has 3 aromatic carbocycles. The van der Waals surface area contributed by atoms with Gasteiger partial charge in [-0.15, -0.1) is 0 Å². The van der Waals surface area contributed by atoms with Gasteiger partial charge >= 0.3 is 6.18 Å². The van der Waals surface area contributed by atoms with Crippen LogP contribution in [0.5, 0.6) is 0 Å². The van der Waals surface area contributed by atoms with E-state index in [0.29, 0.717) is 12.4 Å². The molecule has 0 saturated carbocycles. The smallest absolute Gasteiger partial charge is 0.369 e. The highest BCUT2D eigenvalue weighted by Crippen LogP contribution is 2.39. The second-order valence-corrected chi connectivity index (χ2v) is 6.84. The number of anilines is 1. The van der Waals surface area contributed by atoms with E-state index in [4.69, 9.17) is 0 Å². The normalized spacial score (nSPS) is 13.5. The fraction of sp³-hybridized carbons (Fsp3) is 0.136. The number of nitrogens with zero attached hydrogens (tertiary/aromatic N) is 2. The molecule has 6 heteroatoms. The Labute approximate surface area is 159 Å². The number of aromatic nitrogens is 2. The van der Waals surface area contributed by atoms with E-state index in [9.17, 15) is 13.2 Å². The third kappa shape index (κ3) is 2.64. The second-order valence-electron chi connectivity index (χ2n) is 6.84. The number of halogens is 3. The summed E-state index contributed by atoms with van der Waals surface area (Å²) in [6, 6.07) is 19.6. The third-order valence-electron chi connectivity index (χ3n) is 5.11. The van der Waals surface area contributed by atoms with E-state index in [1.165, 1.54) is 16.8 Å². The Balaban J connectivity index is 1.71. The standard InChI is InChI=1S/C22H16F3N3/c23-22(24,25)18-7-3-4-8-19(18)28-21-17(11-12-26-21)20(27-28)16-10-9-14-5-1-2-6-15(14)13-16/h1-10,13,26H,11-12H2. The molecule has 0 saturated heterocycles. The SMILES string of the molecule is FC(F)(F)c1ccccc1-n1nc(-c2ccc3ccccc3c2)c2c1NCC2. The van der Waals surface area contributed by atoms with Crippen LogP contribution in [0, 0.1) is 0 Å². The first-order chi connectivity index (χ1) is 13.5. The molecule has 0 amide bonds.